The number of carbonyl (C=O) groups is 1. The number of benzene rings is 1. The van der Waals surface area contributed by atoms with Gasteiger partial charge in [-0.15, -0.1) is 12.3 Å². The van der Waals surface area contributed by atoms with Gasteiger partial charge in [0.2, 0.25) is 5.91 Å². The number of terminal acetylenes is 1. The van der Waals surface area contributed by atoms with E-state index in [4.69, 9.17) is 11.2 Å². The van der Waals surface area contributed by atoms with Crippen LogP contribution in [0.4, 0.5) is 10.1 Å². The maximum atomic E-state index is 13.3. The predicted molar refractivity (Wildman–Crippen MR) is 79.6 cm³/mol. The summed E-state index contributed by atoms with van der Waals surface area (Å²) in [6.07, 6.45) is 7.20. The molecule has 0 spiro atoms. The van der Waals surface area contributed by atoms with Crippen LogP contribution in [-0.4, -0.2) is 18.7 Å². The highest BCUT2D eigenvalue weighted by molar-refractivity contribution is 5.77. The number of hydrogen-bond acceptors (Lipinski definition) is 5. The zero-order valence-electron chi connectivity index (χ0n) is 12.2. The number of nitrogens with one attached hydrogen (secondary N) is 2. The summed E-state index contributed by atoms with van der Waals surface area (Å²) in [4.78, 5) is 11.8. The van der Waals surface area contributed by atoms with Crippen molar-refractivity contribution in [1.29, 1.82) is 0 Å². The number of methoxy groups -OCH3 is 1. The quantitative estimate of drug-likeness (QED) is 0.572. The summed E-state index contributed by atoms with van der Waals surface area (Å²) in [6.45, 7) is 0. The molecule has 0 radical (unpaired) electrons. The molecule has 2 N–H and O–H groups in total. The zero-order valence-corrected chi connectivity index (χ0v) is 12.2. The largest absolute Gasteiger partial charge is 0.497 e. The highest BCUT2D eigenvalue weighted by Gasteiger charge is 2.39. The van der Waals surface area contributed by atoms with Gasteiger partial charge in [-0.2, -0.15) is 10.2 Å². The second kappa shape index (κ2) is 6.89. The van der Waals surface area contributed by atoms with Crippen LogP contribution in [0.3, 0.4) is 0 Å². The number of hydrogen-bond donors (Lipinski definition) is 2. The van der Waals surface area contributed by atoms with Crippen LogP contribution in [0.5, 0.6) is 5.75 Å². The Labute approximate surface area is 128 Å². The van der Waals surface area contributed by atoms with E-state index in [1.54, 1.807) is 6.07 Å². The van der Waals surface area contributed by atoms with Gasteiger partial charge in [-0.3, -0.25) is 15.6 Å². The molecule has 0 fully saturated rings. The first-order valence-corrected chi connectivity index (χ1v) is 6.84. The van der Waals surface area contributed by atoms with E-state index in [0.717, 1.165) is 0 Å². The molecule has 22 heavy (non-hydrogen) atoms. The standard InChI is InChI=1S/C15H17FN4O2/c1-3-4-6-15(19-20-15)7-5-14(21)18-17-12-8-11(16)9-13(10-12)22-2/h1,8-10,17H,4-7H2,2H3,(H,18,21). The maximum absolute atomic E-state index is 13.3. The van der Waals surface area contributed by atoms with E-state index >= 15 is 0 Å². The molecular formula is C15H17FN4O2. The van der Waals surface area contributed by atoms with E-state index in [1.165, 1.54) is 19.2 Å². The van der Waals surface area contributed by atoms with Crippen LogP contribution in [0.1, 0.15) is 25.7 Å². The van der Waals surface area contributed by atoms with Crippen molar-refractivity contribution in [3.63, 3.8) is 0 Å². The van der Waals surface area contributed by atoms with Gasteiger partial charge < -0.3 is 4.74 Å². The topological polar surface area (TPSA) is 75.1 Å². The molecular weight excluding hydrogens is 287 g/mol. The Balaban J connectivity index is 1.76. The summed E-state index contributed by atoms with van der Waals surface area (Å²) in [5.74, 6) is 2.20. The predicted octanol–water partition coefficient (Wildman–Crippen LogP) is 2.63. The van der Waals surface area contributed by atoms with Gasteiger partial charge in [0.05, 0.1) is 12.8 Å². The first-order chi connectivity index (χ1) is 10.6. The van der Waals surface area contributed by atoms with Gasteiger partial charge in [0.25, 0.3) is 0 Å². The number of hydrazine groups is 1. The fourth-order valence-electron chi connectivity index (χ4n) is 1.94. The Hall–Kier alpha value is -2.62. The molecule has 0 aromatic heterocycles. The molecule has 0 saturated carbocycles. The first kappa shape index (κ1) is 15.8. The average Bonchev–Trinajstić information content (AvgIpc) is 3.29. The summed E-state index contributed by atoms with van der Waals surface area (Å²) in [5.41, 5.74) is 5.06. The lowest BCUT2D eigenvalue weighted by atomic mass is 10.0. The fourth-order valence-corrected chi connectivity index (χ4v) is 1.94. The molecule has 0 aliphatic carbocycles. The number of carbonyl (C=O) groups excluding carboxylic acids is 1. The van der Waals surface area contributed by atoms with Crippen LogP contribution in [0, 0.1) is 18.2 Å². The summed E-state index contributed by atoms with van der Waals surface area (Å²) in [7, 11) is 1.44. The third-order valence-electron chi connectivity index (χ3n) is 3.26. The summed E-state index contributed by atoms with van der Waals surface area (Å²) in [5, 5.41) is 7.92. The Morgan fingerprint density at radius 2 is 2.18 bits per heavy atom. The highest BCUT2D eigenvalue weighted by atomic mass is 19.1. The van der Waals surface area contributed by atoms with Crippen LogP contribution in [0.25, 0.3) is 0 Å². The van der Waals surface area contributed by atoms with E-state index < -0.39 is 11.5 Å². The molecule has 2 rings (SSSR count). The van der Waals surface area contributed by atoms with Crippen LogP contribution >= 0.6 is 0 Å². The van der Waals surface area contributed by atoms with Crippen molar-refractivity contribution in [2.75, 3.05) is 12.5 Å². The van der Waals surface area contributed by atoms with Gasteiger partial charge in [-0.25, -0.2) is 4.39 Å². The van der Waals surface area contributed by atoms with Gasteiger partial charge >= 0.3 is 0 Å². The number of anilines is 1. The van der Waals surface area contributed by atoms with Gasteiger partial charge in [-0.05, 0) is 6.07 Å². The van der Waals surface area contributed by atoms with E-state index in [2.05, 4.69) is 27.0 Å². The molecule has 0 atom stereocenters. The Bertz CT molecular complexity index is 618. The van der Waals surface area contributed by atoms with Crippen molar-refractivity contribution < 1.29 is 13.9 Å². The molecule has 1 heterocycles. The van der Waals surface area contributed by atoms with Crippen molar-refractivity contribution in [2.24, 2.45) is 10.2 Å². The zero-order chi connectivity index (χ0) is 16.0. The smallest absolute Gasteiger partial charge is 0.238 e. The Morgan fingerprint density at radius 3 is 2.82 bits per heavy atom. The van der Waals surface area contributed by atoms with Crippen molar-refractivity contribution in [3.8, 4) is 18.1 Å². The lowest BCUT2D eigenvalue weighted by Gasteiger charge is -2.11. The van der Waals surface area contributed by atoms with Gasteiger partial charge in [0.1, 0.15) is 11.6 Å². The summed E-state index contributed by atoms with van der Waals surface area (Å²) < 4.78 is 18.2. The molecule has 1 aromatic carbocycles. The van der Waals surface area contributed by atoms with Crippen LogP contribution in [-0.2, 0) is 4.79 Å². The number of halogens is 1. The van der Waals surface area contributed by atoms with Crippen molar-refractivity contribution in [1.82, 2.24) is 5.43 Å². The van der Waals surface area contributed by atoms with Crippen molar-refractivity contribution in [3.05, 3.63) is 24.0 Å². The minimum Gasteiger partial charge on any atom is -0.497 e. The van der Waals surface area contributed by atoms with Crippen molar-refractivity contribution in [2.45, 2.75) is 31.3 Å². The lowest BCUT2D eigenvalue weighted by molar-refractivity contribution is -0.120. The lowest BCUT2D eigenvalue weighted by Crippen LogP contribution is -2.30. The Kier molecular flexibility index (Phi) is 4.94. The van der Waals surface area contributed by atoms with Crippen LogP contribution in [0.2, 0.25) is 0 Å². The van der Waals surface area contributed by atoms with Gasteiger partial charge in [0, 0.05) is 37.8 Å². The molecule has 1 aliphatic rings. The minimum atomic E-state index is -0.480. The summed E-state index contributed by atoms with van der Waals surface area (Å²) in [6, 6.07) is 4.07. The Morgan fingerprint density at radius 1 is 1.41 bits per heavy atom. The number of ether oxygens (including phenoxy) is 1. The third-order valence-corrected chi connectivity index (χ3v) is 3.26. The van der Waals surface area contributed by atoms with E-state index in [9.17, 15) is 9.18 Å². The SMILES string of the molecule is C#CCCC1(CCC(=O)NNc2cc(F)cc(OC)c2)N=N1. The monoisotopic (exact) mass is 304 g/mol. The summed E-state index contributed by atoms with van der Waals surface area (Å²) >= 11 is 0. The second-order valence-corrected chi connectivity index (χ2v) is 4.94. The minimum absolute atomic E-state index is 0.236. The van der Waals surface area contributed by atoms with E-state index in [0.29, 0.717) is 30.7 Å². The number of amides is 1. The molecule has 1 amide bonds. The van der Waals surface area contributed by atoms with E-state index in [1.807, 2.05) is 0 Å². The molecule has 116 valence electrons. The third kappa shape index (κ3) is 4.45. The van der Waals surface area contributed by atoms with Crippen molar-refractivity contribution >= 4 is 11.6 Å². The van der Waals surface area contributed by atoms with Gasteiger partial charge in [0.15, 0.2) is 5.66 Å². The second-order valence-electron chi connectivity index (χ2n) is 4.94. The van der Waals surface area contributed by atoms with Crippen LogP contribution in [0.15, 0.2) is 28.4 Å². The molecule has 7 heteroatoms. The van der Waals surface area contributed by atoms with E-state index in [-0.39, 0.29) is 12.3 Å². The molecule has 0 bridgehead atoms. The highest BCUT2D eigenvalue weighted by Crippen LogP contribution is 2.37. The van der Waals surface area contributed by atoms with Crippen LogP contribution < -0.4 is 15.6 Å². The average molecular weight is 304 g/mol. The first-order valence-electron chi connectivity index (χ1n) is 6.84. The fraction of sp³-hybridized carbons (Fsp3) is 0.400. The molecule has 0 unspecified atom stereocenters. The number of rotatable bonds is 8. The molecule has 1 aliphatic heterocycles. The molecule has 6 nitrogen and oxygen atoms in total. The number of nitrogens with zero attached hydrogens (tertiary/aromatic N) is 2. The van der Waals surface area contributed by atoms with Gasteiger partial charge in [-0.1, -0.05) is 0 Å². The maximum Gasteiger partial charge on any atom is 0.238 e. The normalized spacial score (nSPS) is 14.0. The molecule has 1 aromatic rings. The molecule has 0 saturated heterocycles.